The lowest BCUT2D eigenvalue weighted by molar-refractivity contribution is -0.214. The number of piperidine rings is 1. The molecule has 3 aromatic carbocycles. The van der Waals surface area contributed by atoms with E-state index in [0.717, 1.165) is 67.7 Å². The van der Waals surface area contributed by atoms with Crippen LogP contribution in [0.5, 0.6) is 17.2 Å². The van der Waals surface area contributed by atoms with Gasteiger partial charge in [-0.3, -0.25) is 4.90 Å². The van der Waals surface area contributed by atoms with Gasteiger partial charge in [0.05, 0.1) is 20.3 Å². The molecule has 0 radical (unpaired) electrons. The maximum atomic E-state index is 6.74. The van der Waals surface area contributed by atoms with Crippen molar-refractivity contribution in [3.63, 3.8) is 0 Å². The molecule has 2 unspecified atom stereocenters. The number of rotatable bonds is 7. The van der Waals surface area contributed by atoms with Gasteiger partial charge in [0.15, 0.2) is 17.3 Å². The molecule has 1 spiro atoms. The molecule has 5 heteroatoms. The highest BCUT2D eigenvalue weighted by molar-refractivity contribution is 5.58. The Morgan fingerprint density at radius 3 is 2.46 bits per heavy atom. The third kappa shape index (κ3) is 4.48. The number of hydrogen-bond acceptors (Lipinski definition) is 5. The van der Waals surface area contributed by atoms with Crippen LogP contribution in [0.4, 0.5) is 0 Å². The Morgan fingerprint density at radius 1 is 0.902 bits per heavy atom. The highest BCUT2D eigenvalue weighted by Gasteiger charge is 2.62. The fourth-order valence-corrected chi connectivity index (χ4v) is 9.01. The molecule has 5 atom stereocenters. The Labute approximate surface area is 243 Å². The predicted octanol–water partition coefficient (Wildman–Crippen LogP) is 6.78. The zero-order chi connectivity index (χ0) is 27.4. The number of ether oxygens (including phenoxy) is 4. The lowest BCUT2D eigenvalue weighted by atomic mass is 9.51. The molecule has 3 aromatic rings. The Balaban J connectivity index is 1.14. The minimum absolute atomic E-state index is 0.0526. The van der Waals surface area contributed by atoms with Crippen molar-refractivity contribution in [3.05, 3.63) is 89.5 Å². The smallest absolute Gasteiger partial charge is 0.173 e. The maximum Gasteiger partial charge on any atom is 0.173 e. The molecule has 4 fully saturated rings. The van der Waals surface area contributed by atoms with Crippen LogP contribution < -0.4 is 9.47 Å². The average molecular weight is 552 g/mol. The Bertz CT molecular complexity index is 1390. The van der Waals surface area contributed by atoms with Crippen LogP contribution in [-0.2, 0) is 27.7 Å². The minimum atomic E-state index is -0.470. The lowest BCUT2D eigenvalue weighted by Gasteiger charge is -2.61. The number of hydrogen-bond donors (Lipinski definition) is 0. The molecule has 2 saturated carbocycles. The van der Waals surface area contributed by atoms with Crippen molar-refractivity contribution in [1.29, 1.82) is 0 Å². The van der Waals surface area contributed by atoms with Crippen LogP contribution in [0.25, 0.3) is 0 Å². The minimum Gasteiger partial charge on any atom is -0.493 e. The van der Waals surface area contributed by atoms with Gasteiger partial charge in [-0.1, -0.05) is 54.6 Å². The van der Waals surface area contributed by atoms with Gasteiger partial charge in [-0.2, -0.15) is 0 Å². The summed E-state index contributed by atoms with van der Waals surface area (Å²) in [7, 11) is 1.76. The number of methoxy groups -OCH3 is 1. The van der Waals surface area contributed by atoms with Crippen LogP contribution in [0.3, 0.4) is 0 Å². The van der Waals surface area contributed by atoms with E-state index in [-0.39, 0.29) is 5.41 Å². The quantitative estimate of drug-likeness (QED) is 0.324. The van der Waals surface area contributed by atoms with E-state index < -0.39 is 5.79 Å². The first-order valence-electron chi connectivity index (χ1n) is 15.7. The zero-order valence-electron chi connectivity index (χ0n) is 24.1. The molecular formula is C36H41NO4. The Hall–Kier alpha value is -2.86. The summed E-state index contributed by atoms with van der Waals surface area (Å²) >= 11 is 0. The summed E-state index contributed by atoms with van der Waals surface area (Å²) in [5.74, 6) is 4.28. The summed E-state index contributed by atoms with van der Waals surface area (Å²) < 4.78 is 25.5. The summed E-state index contributed by atoms with van der Waals surface area (Å²) in [5, 5.41) is 0. The van der Waals surface area contributed by atoms with Gasteiger partial charge < -0.3 is 18.9 Å². The molecule has 3 aliphatic carbocycles. The second kappa shape index (κ2) is 10.1. The Kier molecular flexibility index (Phi) is 6.39. The number of nitrogens with zero attached hydrogens (tertiary/aromatic N) is 1. The lowest BCUT2D eigenvalue weighted by Crippen LogP contribution is -2.64. The SMILES string of the molecule is COc1ccc2c(c1Oc1ccccc1)[C@]13CCN(CC4CC4Cc4ccccc4)[C@H](C2)[C@@H]1CCC1(C3)OCCO1. The number of para-hydroxylation sites is 1. The molecule has 2 aliphatic heterocycles. The second-order valence-corrected chi connectivity index (χ2v) is 13.1. The average Bonchev–Trinajstić information content (AvgIpc) is 3.57. The number of benzene rings is 3. The summed E-state index contributed by atoms with van der Waals surface area (Å²) in [6, 6.07) is 26.2. The van der Waals surface area contributed by atoms with Gasteiger partial charge >= 0.3 is 0 Å². The molecule has 0 N–H and O–H groups in total. The van der Waals surface area contributed by atoms with Crippen LogP contribution in [0, 0.1) is 17.8 Å². The van der Waals surface area contributed by atoms with E-state index in [1.54, 1.807) is 7.11 Å². The first-order chi connectivity index (χ1) is 20.2. The molecule has 2 bridgehead atoms. The van der Waals surface area contributed by atoms with Crippen LogP contribution in [-0.4, -0.2) is 50.1 Å². The Morgan fingerprint density at radius 2 is 1.68 bits per heavy atom. The second-order valence-electron chi connectivity index (χ2n) is 13.1. The van der Waals surface area contributed by atoms with Gasteiger partial charge in [-0.15, -0.1) is 0 Å². The maximum absolute atomic E-state index is 6.74. The normalized spacial score (nSPS) is 31.3. The molecule has 2 heterocycles. The van der Waals surface area contributed by atoms with E-state index in [1.165, 1.54) is 36.1 Å². The van der Waals surface area contributed by atoms with Crippen molar-refractivity contribution in [2.24, 2.45) is 17.8 Å². The summed E-state index contributed by atoms with van der Waals surface area (Å²) in [6.07, 6.45) is 7.77. The number of fused-ring (bicyclic) bond motifs is 1. The standard InChI is InChI=1S/C36H41NO4/c1-38-32-13-12-26-22-31-30-14-15-36(39-18-19-40-36)24-35(30,33(26)34(32)41-29-10-6-3-7-11-29)16-17-37(31)23-28-21-27(28)20-25-8-4-2-5-9-25/h2-13,27-28,30-31H,14-24H2,1H3/t27?,28?,30-,31+,35-/m0/s1. The first kappa shape index (κ1) is 25.8. The topological polar surface area (TPSA) is 40.2 Å². The molecule has 5 aliphatic rings. The molecular weight excluding hydrogens is 510 g/mol. The van der Waals surface area contributed by atoms with E-state index in [0.29, 0.717) is 25.2 Å². The molecule has 41 heavy (non-hydrogen) atoms. The fraction of sp³-hybridized carbons (Fsp3) is 0.500. The van der Waals surface area contributed by atoms with Crippen molar-refractivity contribution in [2.45, 2.75) is 62.2 Å². The summed E-state index contributed by atoms with van der Waals surface area (Å²) in [5.41, 5.74) is 4.20. The molecule has 214 valence electrons. The van der Waals surface area contributed by atoms with E-state index in [1.807, 2.05) is 30.3 Å². The highest BCUT2D eigenvalue weighted by atomic mass is 16.7. The van der Waals surface area contributed by atoms with Crippen LogP contribution in [0.1, 0.15) is 48.8 Å². The van der Waals surface area contributed by atoms with Gasteiger partial charge in [-0.25, -0.2) is 0 Å². The molecule has 2 saturated heterocycles. The van der Waals surface area contributed by atoms with Crippen molar-refractivity contribution in [2.75, 3.05) is 33.4 Å². The van der Waals surface area contributed by atoms with Crippen molar-refractivity contribution < 1.29 is 18.9 Å². The van der Waals surface area contributed by atoms with Crippen LogP contribution >= 0.6 is 0 Å². The third-order valence-corrected chi connectivity index (χ3v) is 10.9. The summed E-state index contributed by atoms with van der Waals surface area (Å²) in [4.78, 5) is 2.87. The molecule has 0 amide bonds. The van der Waals surface area contributed by atoms with E-state index in [9.17, 15) is 0 Å². The molecule has 5 nitrogen and oxygen atoms in total. The zero-order valence-corrected chi connectivity index (χ0v) is 24.1. The van der Waals surface area contributed by atoms with Gasteiger partial charge in [0.1, 0.15) is 5.75 Å². The molecule has 8 rings (SSSR count). The monoisotopic (exact) mass is 551 g/mol. The van der Waals surface area contributed by atoms with Crippen LogP contribution in [0.15, 0.2) is 72.8 Å². The van der Waals surface area contributed by atoms with Crippen molar-refractivity contribution in [3.8, 4) is 17.2 Å². The first-order valence-corrected chi connectivity index (χ1v) is 15.7. The van der Waals surface area contributed by atoms with E-state index in [4.69, 9.17) is 18.9 Å². The largest absolute Gasteiger partial charge is 0.493 e. The van der Waals surface area contributed by atoms with Gasteiger partial charge in [0.2, 0.25) is 0 Å². The predicted molar refractivity (Wildman–Crippen MR) is 159 cm³/mol. The van der Waals surface area contributed by atoms with E-state index >= 15 is 0 Å². The third-order valence-electron chi connectivity index (χ3n) is 10.9. The van der Waals surface area contributed by atoms with Gasteiger partial charge in [0, 0.05) is 36.4 Å². The van der Waals surface area contributed by atoms with E-state index in [2.05, 4.69) is 47.4 Å². The van der Waals surface area contributed by atoms with Crippen LogP contribution in [0.2, 0.25) is 0 Å². The fourth-order valence-electron chi connectivity index (χ4n) is 9.01. The summed E-state index contributed by atoms with van der Waals surface area (Å²) in [6.45, 7) is 3.73. The van der Waals surface area contributed by atoms with Crippen molar-refractivity contribution in [1.82, 2.24) is 4.90 Å². The van der Waals surface area contributed by atoms with Gasteiger partial charge in [-0.05, 0) is 85.7 Å². The van der Waals surface area contributed by atoms with Gasteiger partial charge in [0.25, 0.3) is 0 Å². The molecule has 0 aromatic heterocycles. The number of likely N-dealkylation sites (tertiary alicyclic amines) is 1. The highest BCUT2D eigenvalue weighted by Crippen LogP contribution is 2.63. The van der Waals surface area contributed by atoms with Crippen molar-refractivity contribution >= 4 is 0 Å².